The molecule has 1 aromatic carbocycles. The molecular weight excluding hydrogens is 224 g/mol. The molecule has 1 aromatic rings. The molecule has 2 saturated heterocycles. The topological polar surface area (TPSA) is 26.7 Å². The lowest BCUT2D eigenvalue weighted by atomic mass is 10.1. The van der Waals surface area contributed by atoms with Gasteiger partial charge in [0.05, 0.1) is 0 Å². The van der Waals surface area contributed by atoms with Crippen LogP contribution in [0.1, 0.15) is 12.8 Å². The molecule has 1 N–H and O–H groups in total. The molecule has 0 radical (unpaired) electrons. The SMILES string of the molecule is OCC1CCN(C2CCN(c3ccccc3)C2)C1. The maximum Gasteiger partial charge on any atom is 0.0471 e. The van der Waals surface area contributed by atoms with Crippen LogP contribution in [0.4, 0.5) is 5.69 Å². The van der Waals surface area contributed by atoms with Gasteiger partial charge in [0.2, 0.25) is 0 Å². The van der Waals surface area contributed by atoms with Crippen molar-refractivity contribution in [2.24, 2.45) is 5.92 Å². The molecule has 0 bridgehead atoms. The quantitative estimate of drug-likeness (QED) is 0.877. The van der Waals surface area contributed by atoms with E-state index in [0.717, 1.165) is 19.6 Å². The Kier molecular flexibility index (Phi) is 3.52. The minimum Gasteiger partial charge on any atom is -0.396 e. The molecule has 0 spiro atoms. The van der Waals surface area contributed by atoms with Crippen molar-refractivity contribution in [2.45, 2.75) is 18.9 Å². The first-order valence-corrected chi connectivity index (χ1v) is 7.01. The third kappa shape index (κ3) is 2.38. The molecule has 98 valence electrons. The van der Waals surface area contributed by atoms with Crippen molar-refractivity contribution in [3.63, 3.8) is 0 Å². The fourth-order valence-electron chi connectivity index (χ4n) is 3.26. The van der Waals surface area contributed by atoms with E-state index in [1.807, 2.05) is 0 Å². The lowest BCUT2D eigenvalue weighted by molar-refractivity contribution is 0.204. The van der Waals surface area contributed by atoms with Crippen molar-refractivity contribution in [1.29, 1.82) is 0 Å². The zero-order valence-corrected chi connectivity index (χ0v) is 10.8. The van der Waals surface area contributed by atoms with Crippen LogP contribution in [0.3, 0.4) is 0 Å². The monoisotopic (exact) mass is 246 g/mol. The van der Waals surface area contributed by atoms with Crippen LogP contribution in [0.15, 0.2) is 30.3 Å². The number of aliphatic hydroxyl groups excluding tert-OH is 1. The van der Waals surface area contributed by atoms with E-state index in [1.54, 1.807) is 0 Å². The first-order chi connectivity index (χ1) is 8.86. The number of hydrogen-bond donors (Lipinski definition) is 1. The Balaban J connectivity index is 1.59. The fraction of sp³-hybridized carbons (Fsp3) is 0.600. The van der Waals surface area contributed by atoms with Gasteiger partial charge in [0, 0.05) is 38.0 Å². The Morgan fingerprint density at radius 2 is 1.89 bits per heavy atom. The van der Waals surface area contributed by atoms with Gasteiger partial charge < -0.3 is 10.0 Å². The molecule has 3 rings (SSSR count). The summed E-state index contributed by atoms with van der Waals surface area (Å²) in [5, 5.41) is 9.22. The molecule has 2 atom stereocenters. The number of likely N-dealkylation sites (tertiary alicyclic amines) is 1. The predicted molar refractivity (Wildman–Crippen MR) is 73.8 cm³/mol. The van der Waals surface area contributed by atoms with Gasteiger partial charge in [-0.2, -0.15) is 0 Å². The first kappa shape index (κ1) is 12.0. The second-order valence-electron chi connectivity index (χ2n) is 5.56. The van der Waals surface area contributed by atoms with Crippen molar-refractivity contribution in [3.8, 4) is 0 Å². The normalized spacial score (nSPS) is 29.1. The Morgan fingerprint density at radius 1 is 1.06 bits per heavy atom. The van der Waals surface area contributed by atoms with Gasteiger partial charge in [-0.15, -0.1) is 0 Å². The van der Waals surface area contributed by atoms with Crippen LogP contribution in [0, 0.1) is 5.92 Å². The van der Waals surface area contributed by atoms with Gasteiger partial charge in [-0.1, -0.05) is 18.2 Å². The number of nitrogens with zero attached hydrogens (tertiary/aromatic N) is 2. The molecular formula is C15H22N2O. The van der Waals surface area contributed by atoms with Crippen LogP contribution < -0.4 is 4.90 Å². The number of hydrogen-bond acceptors (Lipinski definition) is 3. The maximum atomic E-state index is 9.22. The Labute approximate surface area is 109 Å². The first-order valence-electron chi connectivity index (χ1n) is 7.01. The summed E-state index contributed by atoms with van der Waals surface area (Å²) in [5.41, 5.74) is 1.35. The summed E-state index contributed by atoms with van der Waals surface area (Å²) < 4.78 is 0. The highest BCUT2D eigenvalue weighted by Gasteiger charge is 2.32. The average molecular weight is 246 g/mol. The van der Waals surface area contributed by atoms with Gasteiger partial charge in [0.25, 0.3) is 0 Å². The lowest BCUT2D eigenvalue weighted by Crippen LogP contribution is -2.36. The van der Waals surface area contributed by atoms with Crippen molar-refractivity contribution >= 4 is 5.69 Å². The molecule has 0 amide bonds. The van der Waals surface area contributed by atoms with E-state index in [9.17, 15) is 5.11 Å². The van der Waals surface area contributed by atoms with Gasteiger partial charge in [-0.25, -0.2) is 0 Å². The molecule has 2 aliphatic heterocycles. The van der Waals surface area contributed by atoms with Crippen molar-refractivity contribution in [3.05, 3.63) is 30.3 Å². The van der Waals surface area contributed by atoms with Crippen LogP contribution in [0.5, 0.6) is 0 Å². The average Bonchev–Trinajstić information content (AvgIpc) is 3.08. The van der Waals surface area contributed by atoms with Crippen molar-refractivity contribution in [2.75, 3.05) is 37.7 Å². The van der Waals surface area contributed by atoms with E-state index in [0.29, 0.717) is 18.6 Å². The molecule has 2 unspecified atom stereocenters. The molecule has 0 saturated carbocycles. The Hall–Kier alpha value is -1.06. The molecule has 0 aromatic heterocycles. The largest absolute Gasteiger partial charge is 0.396 e. The molecule has 0 aliphatic carbocycles. The third-order valence-corrected chi connectivity index (χ3v) is 4.38. The standard InChI is InChI=1S/C15H22N2O/c18-12-13-6-8-16(10-13)15-7-9-17(11-15)14-4-2-1-3-5-14/h1-5,13,15,18H,6-12H2. The van der Waals surface area contributed by atoms with Crippen molar-refractivity contribution < 1.29 is 5.11 Å². The van der Waals surface area contributed by atoms with Crippen LogP contribution in [-0.2, 0) is 0 Å². The summed E-state index contributed by atoms with van der Waals surface area (Å²) >= 11 is 0. The van der Waals surface area contributed by atoms with Gasteiger partial charge in [0.1, 0.15) is 0 Å². The predicted octanol–water partition coefficient (Wildman–Crippen LogP) is 1.58. The summed E-state index contributed by atoms with van der Waals surface area (Å²) in [6, 6.07) is 11.4. The molecule has 2 fully saturated rings. The molecule has 2 aliphatic rings. The van der Waals surface area contributed by atoms with Gasteiger partial charge in [-0.05, 0) is 37.4 Å². The van der Waals surface area contributed by atoms with Crippen LogP contribution in [0.2, 0.25) is 0 Å². The van der Waals surface area contributed by atoms with Gasteiger partial charge >= 0.3 is 0 Å². The zero-order valence-electron chi connectivity index (χ0n) is 10.8. The number of rotatable bonds is 3. The minimum absolute atomic E-state index is 0.353. The van der Waals surface area contributed by atoms with E-state index in [4.69, 9.17) is 0 Å². The Morgan fingerprint density at radius 3 is 2.61 bits per heavy atom. The summed E-state index contributed by atoms with van der Waals surface area (Å²) in [7, 11) is 0. The van der Waals surface area contributed by atoms with E-state index in [1.165, 1.54) is 25.1 Å². The van der Waals surface area contributed by atoms with Crippen molar-refractivity contribution in [1.82, 2.24) is 4.90 Å². The molecule has 3 nitrogen and oxygen atoms in total. The molecule has 3 heteroatoms. The second-order valence-corrected chi connectivity index (χ2v) is 5.56. The summed E-state index contributed by atoms with van der Waals surface area (Å²) in [4.78, 5) is 5.06. The molecule has 2 heterocycles. The number of benzene rings is 1. The van der Waals surface area contributed by atoms with Crippen LogP contribution in [-0.4, -0.2) is 48.8 Å². The lowest BCUT2D eigenvalue weighted by Gasteiger charge is -2.25. The minimum atomic E-state index is 0.353. The number of anilines is 1. The fourth-order valence-corrected chi connectivity index (χ4v) is 3.26. The third-order valence-electron chi connectivity index (χ3n) is 4.38. The van der Waals surface area contributed by atoms with E-state index in [2.05, 4.69) is 40.1 Å². The molecule has 18 heavy (non-hydrogen) atoms. The smallest absolute Gasteiger partial charge is 0.0471 e. The van der Waals surface area contributed by atoms with Crippen LogP contribution in [0.25, 0.3) is 0 Å². The Bertz CT molecular complexity index is 381. The van der Waals surface area contributed by atoms with Gasteiger partial charge in [-0.3, -0.25) is 4.90 Å². The van der Waals surface area contributed by atoms with E-state index < -0.39 is 0 Å². The zero-order chi connectivity index (χ0) is 12.4. The maximum absolute atomic E-state index is 9.22. The highest BCUT2D eigenvalue weighted by atomic mass is 16.3. The van der Waals surface area contributed by atoms with E-state index >= 15 is 0 Å². The number of para-hydroxylation sites is 1. The summed E-state index contributed by atoms with van der Waals surface area (Å²) in [6.45, 7) is 4.91. The van der Waals surface area contributed by atoms with E-state index in [-0.39, 0.29) is 0 Å². The highest BCUT2D eigenvalue weighted by Crippen LogP contribution is 2.26. The second kappa shape index (κ2) is 5.29. The van der Waals surface area contributed by atoms with Crippen LogP contribution >= 0.6 is 0 Å². The summed E-state index contributed by atoms with van der Waals surface area (Å²) in [5.74, 6) is 0.510. The van der Waals surface area contributed by atoms with Gasteiger partial charge in [0.15, 0.2) is 0 Å². The highest BCUT2D eigenvalue weighted by molar-refractivity contribution is 5.47. The number of aliphatic hydroxyl groups is 1. The summed E-state index contributed by atoms with van der Waals surface area (Å²) in [6.07, 6.45) is 2.42.